The molecule has 0 aromatic heterocycles. The highest BCUT2D eigenvalue weighted by atomic mass is 16.5. The van der Waals surface area contributed by atoms with Crippen LogP contribution in [-0.4, -0.2) is 70.1 Å². The summed E-state index contributed by atoms with van der Waals surface area (Å²) in [5.74, 6) is 0.599. The molecule has 6 nitrogen and oxygen atoms in total. The molecule has 2 amide bonds. The molecule has 20 heavy (non-hydrogen) atoms. The molecule has 2 fully saturated rings. The number of nitrogens with zero attached hydrogens (tertiary/aromatic N) is 1. The maximum absolute atomic E-state index is 11.5. The van der Waals surface area contributed by atoms with Crippen LogP contribution in [0.4, 0.5) is 4.79 Å². The summed E-state index contributed by atoms with van der Waals surface area (Å²) in [5.41, 5.74) is 0. The molecule has 0 bridgehead atoms. The number of hydrogen-bond acceptors (Lipinski definition) is 4. The number of carbonyl (C=O) groups excluding carboxylic acids is 1. The standard InChI is InChI=1S/C14H27N3O3/c1-19-9-5-15-14(18)16-10-12-2-6-17(7-3-12)13-4-8-20-11-13/h12-13H,2-11H2,1H3,(H2,15,16,18)/t13-/m0/s1. The van der Waals surface area contributed by atoms with Crippen LogP contribution < -0.4 is 10.6 Å². The lowest BCUT2D eigenvalue weighted by atomic mass is 9.95. The van der Waals surface area contributed by atoms with Gasteiger partial charge < -0.3 is 20.1 Å². The Bertz CT molecular complexity index is 287. The van der Waals surface area contributed by atoms with Gasteiger partial charge in [0.25, 0.3) is 0 Å². The highest BCUT2D eigenvalue weighted by Gasteiger charge is 2.27. The van der Waals surface area contributed by atoms with E-state index in [1.54, 1.807) is 7.11 Å². The first-order valence-electron chi connectivity index (χ1n) is 7.62. The van der Waals surface area contributed by atoms with Gasteiger partial charge in [0.05, 0.1) is 13.2 Å². The van der Waals surface area contributed by atoms with Gasteiger partial charge in [0.1, 0.15) is 0 Å². The molecular weight excluding hydrogens is 258 g/mol. The smallest absolute Gasteiger partial charge is 0.314 e. The zero-order valence-corrected chi connectivity index (χ0v) is 12.4. The molecule has 0 unspecified atom stereocenters. The summed E-state index contributed by atoms with van der Waals surface area (Å²) >= 11 is 0. The molecule has 0 aromatic rings. The first kappa shape index (κ1) is 15.5. The second-order valence-electron chi connectivity index (χ2n) is 5.63. The van der Waals surface area contributed by atoms with E-state index in [4.69, 9.17) is 9.47 Å². The molecule has 0 spiro atoms. The highest BCUT2D eigenvalue weighted by molar-refractivity contribution is 5.73. The van der Waals surface area contributed by atoms with Crippen LogP contribution in [0.5, 0.6) is 0 Å². The van der Waals surface area contributed by atoms with Crippen LogP contribution in [0.3, 0.4) is 0 Å². The summed E-state index contributed by atoms with van der Waals surface area (Å²) in [5, 5.41) is 5.72. The van der Waals surface area contributed by atoms with Crippen molar-refractivity contribution in [3.63, 3.8) is 0 Å². The summed E-state index contributed by atoms with van der Waals surface area (Å²) in [4.78, 5) is 14.1. The van der Waals surface area contributed by atoms with Crippen molar-refractivity contribution in [1.82, 2.24) is 15.5 Å². The number of rotatable bonds is 6. The first-order valence-corrected chi connectivity index (χ1v) is 7.62. The molecular formula is C14H27N3O3. The lowest BCUT2D eigenvalue weighted by Crippen LogP contribution is -2.45. The van der Waals surface area contributed by atoms with Crippen LogP contribution in [0.15, 0.2) is 0 Å². The number of amides is 2. The predicted octanol–water partition coefficient (Wildman–Crippen LogP) is 0.433. The Morgan fingerprint density at radius 2 is 2.10 bits per heavy atom. The molecule has 2 aliphatic heterocycles. The molecule has 2 aliphatic rings. The van der Waals surface area contributed by atoms with Crippen molar-refractivity contribution < 1.29 is 14.3 Å². The zero-order chi connectivity index (χ0) is 14.2. The van der Waals surface area contributed by atoms with Crippen molar-refractivity contribution in [3.05, 3.63) is 0 Å². The number of ether oxygens (including phenoxy) is 2. The van der Waals surface area contributed by atoms with Gasteiger partial charge in [-0.05, 0) is 38.3 Å². The van der Waals surface area contributed by atoms with E-state index in [0.717, 1.165) is 45.7 Å². The van der Waals surface area contributed by atoms with E-state index in [1.165, 1.54) is 6.42 Å². The molecule has 0 aliphatic carbocycles. The van der Waals surface area contributed by atoms with Crippen molar-refractivity contribution in [2.75, 3.05) is 53.1 Å². The highest BCUT2D eigenvalue weighted by Crippen LogP contribution is 2.21. The minimum atomic E-state index is -0.0892. The topological polar surface area (TPSA) is 62.8 Å². The third kappa shape index (κ3) is 4.92. The van der Waals surface area contributed by atoms with Gasteiger partial charge in [-0.1, -0.05) is 0 Å². The lowest BCUT2D eigenvalue weighted by Gasteiger charge is -2.35. The van der Waals surface area contributed by atoms with Crippen LogP contribution in [0.2, 0.25) is 0 Å². The van der Waals surface area contributed by atoms with E-state index in [-0.39, 0.29) is 6.03 Å². The summed E-state index contributed by atoms with van der Waals surface area (Å²) in [6.45, 7) is 5.95. The van der Waals surface area contributed by atoms with E-state index in [0.29, 0.717) is 25.1 Å². The van der Waals surface area contributed by atoms with Gasteiger partial charge in [0.15, 0.2) is 0 Å². The Morgan fingerprint density at radius 3 is 2.75 bits per heavy atom. The Balaban J connectivity index is 1.56. The van der Waals surface area contributed by atoms with Crippen molar-refractivity contribution in [2.45, 2.75) is 25.3 Å². The van der Waals surface area contributed by atoms with Crippen LogP contribution in [0, 0.1) is 5.92 Å². The maximum Gasteiger partial charge on any atom is 0.314 e. The Labute approximate surface area is 121 Å². The number of carbonyl (C=O) groups is 1. The van der Waals surface area contributed by atoms with Crippen LogP contribution in [-0.2, 0) is 9.47 Å². The molecule has 0 saturated carbocycles. The largest absolute Gasteiger partial charge is 0.383 e. The van der Waals surface area contributed by atoms with E-state index in [9.17, 15) is 4.79 Å². The number of likely N-dealkylation sites (tertiary alicyclic amines) is 1. The van der Waals surface area contributed by atoms with Crippen molar-refractivity contribution >= 4 is 6.03 Å². The lowest BCUT2D eigenvalue weighted by molar-refractivity contribution is 0.110. The van der Waals surface area contributed by atoms with Crippen molar-refractivity contribution in [1.29, 1.82) is 0 Å². The quantitative estimate of drug-likeness (QED) is 0.695. The first-order chi connectivity index (χ1) is 9.79. The molecule has 2 heterocycles. The normalized spacial score (nSPS) is 24.8. The second kappa shape index (κ2) is 8.44. The number of piperidine rings is 1. The number of nitrogens with one attached hydrogen (secondary N) is 2. The molecule has 2 rings (SSSR count). The van der Waals surface area contributed by atoms with Crippen LogP contribution >= 0.6 is 0 Å². The van der Waals surface area contributed by atoms with E-state index >= 15 is 0 Å². The molecule has 2 saturated heterocycles. The van der Waals surface area contributed by atoms with Gasteiger partial charge in [-0.25, -0.2) is 4.79 Å². The summed E-state index contributed by atoms with van der Waals surface area (Å²) < 4.78 is 10.3. The monoisotopic (exact) mass is 285 g/mol. The Kier molecular flexibility index (Phi) is 6.56. The maximum atomic E-state index is 11.5. The summed E-state index contributed by atoms with van der Waals surface area (Å²) in [6.07, 6.45) is 3.49. The van der Waals surface area contributed by atoms with Crippen LogP contribution in [0.1, 0.15) is 19.3 Å². The van der Waals surface area contributed by atoms with Gasteiger partial charge >= 0.3 is 6.03 Å². The molecule has 1 atom stereocenters. The average molecular weight is 285 g/mol. The Morgan fingerprint density at radius 1 is 1.30 bits per heavy atom. The predicted molar refractivity (Wildman–Crippen MR) is 76.8 cm³/mol. The zero-order valence-electron chi connectivity index (χ0n) is 12.4. The fourth-order valence-corrected chi connectivity index (χ4v) is 2.90. The fraction of sp³-hybridized carbons (Fsp3) is 0.929. The third-order valence-corrected chi connectivity index (χ3v) is 4.21. The fourth-order valence-electron chi connectivity index (χ4n) is 2.90. The summed E-state index contributed by atoms with van der Waals surface area (Å²) in [6, 6.07) is 0.537. The third-order valence-electron chi connectivity index (χ3n) is 4.21. The van der Waals surface area contributed by atoms with Gasteiger partial charge in [0, 0.05) is 32.8 Å². The minimum Gasteiger partial charge on any atom is -0.383 e. The van der Waals surface area contributed by atoms with Crippen LogP contribution in [0.25, 0.3) is 0 Å². The van der Waals surface area contributed by atoms with E-state index in [1.807, 2.05) is 0 Å². The Hall–Kier alpha value is -0.850. The average Bonchev–Trinajstić information content (AvgIpc) is 3.00. The SMILES string of the molecule is COCCNC(=O)NCC1CCN([C@H]2CCOC2)CC1. The summed E-state index contributed by atoms with van der Waals surface area (Å²) in [7, 11) is 1.63. The molecule has 0 aromatic carbocycles. The second-order valence-corrected chi connectivity index (χ2v) is 5.63. The number of hydrogen-bond donors (Lipinski definition) is 2. The molecule has 116 valence electrons. The molecule has 6 heteroatoms. The van der Waals surface area contributed by atoms with E-state index < -0.39 is 0 Å². The minimum absolute atomic E-state index is 0.0892. The molecule has 0 radical (unpaired) electrons. The van der Waals surface area contributed by atoms with Gasteiger partial charge in [-0.3, -0.25) is 4.90 Å². The van der Waals surface area contributed by atoms with E-state index in [2.05, 4.69) is 15.5 Å². The van der Waals surface area contributed by atoms with Crippen molar-refractivity contribution in [3.8, 4) is 0 Å². The van der Waals surface area contributed by atoms with Gasteiger partial charge in [-0.15, -0.1) is 0 Å². The molecule has 2 N–H and O–H groups in total. The van der Waals surface area contributed by atoms with Gasteiger partial charge in [0.2, 0.25) is 0 Å². The van der Waals surface area contributed by atoms with Gasteiger partial charge in [-0.2, -0.15) is 0 Å². The van der Waals surface area contributed by atoms with Crippen molar-refractivity contribution in [2.24, 2.45) is 5.92 Å². The number of methoxy groups -OCH3 is 1. The number of urea groups is 1.